The molecule has 126 valence electrons. The maximum atomic E-state index is 14.6. The molecular weight excluding hydrogens is 330 g/mol. The van der Waals surface area contributed by atoms with Crippen molar-refractivity contribution in [3.8, 4) is 34.4 Å². The van der Waals surface area contributed by atoms with E-state index in [9.17, 15) is 8.78 Å². The molecule has 0 heterocycles. The van der Waals surface area contributed by atoms with Crippen LogP contribution < -0.4 is 0 Å². The molecule has 0 bridgehead atoms. The van der Waals surface area contributed by atoms with Gasteiger partial charge in [0, 0.05) is 11.1 Å². The van der Waals surface area contributed by atoms with E-state index in [1.807, 2.05) is 12.1 Å². The molecule has 0 aliphatic carbocycles. The number of benzene rings is 3. The van der Waals surface area contributed by atoms with E-state index in [-0.39, 0.29) is 24.0 Å². The van der Waals surface area contributed by atoms with Gasteiger partial charge in [0.1, 0.15) is 11.6 Å². The van der Waals surface area contributed by atoms with Gasteiger partial charge in [-0.05, 0) is 34.4 Å². The molecule has 0 spiro atoms. The molecule has 0 unspecified atom stereocenters. The quantitative estimate of drug-likeness (QED) is 0.633. The van der Waals surface area contributed by atoms with Crippen LogP contribution in [-0.4, -0.2) is 0 Å². The van der Waals surface area contributed by atoms with Crippen LogP contribution in [0.3, 0.4) is 0 Å². The lowest BCUT2D eigenvalue weighted by atomic mass is 9.97. The number of hydrogen-bond donors (Lipinski definition) is 0. The van der Waals surface area contributed by atoms with E-state index in [1.54, 1.807) is 48.5 Å². The summed E-state index contributed by atoms with van der Waals surface area (Å²) in [5.74, 6) is -1.04. The summed E-state index contributed by atoms with van der Waals surface area (Å²) in [4.78, 5) is 0. The van der Waals surface area contributed by atoms with Crippen LogP contribution in [-0.2, 0) is 12.8 Å². The molecule has 0 saturated heterocycles. The largest absolute Gasteiger partial charge is 0.206 e. The molecular formula is C22H14F2N2. The Morgan fingerprint density at radius 1 is 0.615 bits per heavy atom. The first-order chi connectivity index (χ1) is 12.6. The Labute approximate surface area is 150 Å². The van der Waals surface area contributed by atoms with Crippen LogP contribution in [0.15, 0.2) is 60.7 Å². The summed E-state index contributed by atoms with van der Waals surface area (Å²) >= 11 is 0. The molecule has 0 saturated carbocycles. The van der Waals surface area contributed by atoms with Gasteiger partial charge in [-0.15, -0.1) is 0 Å². The van der Waals surface area contributed by atoms with E-state index in [0.717, 1.165) is 11.1 Å². The molecule has 0 amide bonds. The Balaban J connectivity index is 1.95. The number of nitrogens with zero attached hydrogens (tertiary/aromatic N) is 2. The van der Waals surface area contributed by atoms with E-state index in [1.165, 1.54) is 12.1 Å². The minimum absolute atomic E-state index is 0.177. The van der Waals surface area contributed by atoms with Gasteiger partial charge < -0.3 is 0 Å². The molecule has 0 fully saturated rings. The molecule has 0 aliphatic rings. The van der Waals surface area contributed by atoms with E-state index < -0.39 is 11.6 Å². The van der Waals surface area contributed by atoms with Gasteiger partial charge in [0.15, 0.2) is 0 Å². The molecule has 26 heavy (non-hydrogen) atoms. The zero-order valence-electron chi connectivity index (χ0n) is 13.8. The van der Waals surface area contributed by atoms with Crippen LogP contribution in [0.2, 0.25) is 0 Å². The fourth-order valence-corrected chi connectivity index (χ4v) is 2.78. The van der Waals surface area contributed by atoms with Gasteiger partial charge in [0.05, 0.1) is 25.0 Å². The predicted octanol–water partition coefficient (Wildman–Crippen LogP) is 5.43. The molecule has 3 aromatic carbocycles. The van der Waals surface area contributed by atoms with Crippen molar-refractivity contribution in [2.45, 2.75) is 12.8 Å². The topological polar surface area (TPSA) is 47.6 Å². The third-order valence-corrected chi connectivity index (χ3v) is 4.15. The Morgan fingerprint density at radius 2 is 0.962 bits per heavy atom. The van der Waals surface area contributed by atoms with Crippen LogP contribution >= 0.6 is 0 Å². The van der Waals surface area contributed by atoms with Crippen LogP contribution in [0, 0.1) is 34.3 Å². The van der Waals surface area contributed by atoms with Gasteiger partial charge in [0.2, 0.25) is 0 Å². The lowest BCUT2D eigenvalue weighted by Gasteiger charge is -2.10. The van der Waals surface area contributed by atoms with Crippen molar-refractivity contribution in [3.63, 3.8) is 0 Å². The Hall–Kier alpha value is -3.50. The van der Waals surface area contributed by atoms with Gasteiger partial charge in [-0.3, -0.25) is 0 Å². The molecule has 4 heteroatoms. The summed E-state index contributed by atoms with van der Waals surface area (Å²) in [5, 5.41) is 17.4. The van der Waals surface area contributed by atoms with Crippen LogP contribution in [0.5, 0.6) is 0 Å². The maximum Gasteiger partial charge on any atom is 0.131 e. The first kappa shape index (κ1) is 17.3. The average Bonchev–Trinajstić information content (AvgIpc) is 2.65. The monoisotopic (exact) mass is 344 g/mol. The predicted molar refractivity (Wildman–Crippen MR) is 95.9 cm³/mol. The fourth-order valence-electron chi connectivity index (χ4n) is 2.78. The van der Waals surface area contributed by atoms with E-state index in [4.69, 9.17) is 10.5 Å². The third-order valence-electron chi connectivity index (χ3n) is 4.15. The molecule has 0 aliphatic heterocycles. The fraction of sp³-hybridized carbons (Fsp3) is 0.0909. The second-order valence-electron chi connectivity index (χ2n) is 5.88. The summed E-state index contributed by atoms with van der Waals surface area (Å²) in [6.07, 6.45) is 0.551. The normalized spacial score (nSPS) is 10.2. The first-order valence-corrected chi connectivity index (χ1v) is 8.04. The Kier molecular flexibility index (Phi) is 5.06. The highest BCUT2D eigenvalue weighted by Gasteiger charge is 2.13. The lowest BCUT2D eigenvalue weighted by Crippen LogP contribution is -1.92. The van der Waals surface area contributed by atoms with Crippen molar-refractivity contribution >= 4 is 0 Å². The SMILES string of the molecule is N#CCc1ccc(-c2cc(F)c(-c3ccc(CC#N)cc3)cc2F)cc1. The molecule has 0 atom stereocenters. The molecule has 0 radical (unpaired) electrons. The summed E-state index contributed by atoms with van der Waals surface area (Å²) < 4.78 is 29.2. The van der Waals surface area contributed by atoms with Gasteiger partial charge in [-0.25, -0.2) is 8.78 Å². The Bertz CT molecular complexity index is 923. The van der Waals surface area contributed by atoms with Gasteiger partial charge in [0.25, 0.3) is 0 Å². The smallest absolute Gasteiger partial charge is 0.131 e. The van der Waals surface area contributed by atoms with Gasteiger partial charge in [-0.2, -0.15) is 10.5 Å². The maximum absolute atomic E-state index is 14.6. The number of nitriles is 2. The van der Waals surface area contributed by atoms with Crippen molar-refractivity contribution in [1.29, 1.82) is 10.5 Å². The summed E-state index contributed by atoms with van der Waals surface area (Å²) in [7, 11) is 0. The van der Waals surface area contributed by atoms with Crippen LogP contribution in [0.25, 0.3) is 22.3 Å². The number of rotatable bonds is 4. The molecule has 3 rings (SSSR count). The standard InChI is InChI=1S/C22H14F2N2/c23-21-14-20(18-7-3-16(4-8-18)10-12-26)22(24)13-19(21)17-5-1-15(2-6-17)9-11-25/h1-8,13-14H,9-10H2. The molecule has 3 aromatic rings. The summed E-state index contributed by atoms with van der Waals surface area (Å²) in [6, 6.07) is 20.1. The van der Waals surface area contributed by atoms with E-state index in [2.05, 4.69) is 0 Å². The second-order valence-corrected chi connectivity index (χ2v) is 5.88. The summed E-state index contributed by atoms with van der Waals surface area (Å²) in [6.45, 7) is 0. The highest BCUT2D eigenvalue weighted by Crippen LogP contribution is 2.31. The Morgan fingerprint density at radius 3 is 1.27 bits per heavy atom. The van der Waals surface area contributed by atoms with Crippen LogP contribution in [0.4, 0.5) is 8.78 Å². The second kappa shape index (κ2) is 7.59. The first-order valence-electron chi connectivity index (χ1n) is 8.04. The molecule has 2 nitrogen and oxygen atoms in total. The van der Waals surface area contributed by atoms with Crippen molar-refractivity contribution < 1.29 is 8.78 Å². The third kappa shape index (κ3) is 3.61. The van der Waals surface area contributed by atoms with Crippen molar-refractivity contribution in [2.24, 2.45) is 0 Å². The minimum Gasteiger partial charge on any atom is -0.206 e. The van der Waals surface area contributed by atoms with Crippen molar-refractivity contribution in [2.75, 3.05) is 0 Å². The highest BCUT2D eigenvalue weighted by atomic mass is 19.1. The van der Waals surface area contributed by atoms with Crippen molar-refractivity contribution in [3.05, 3.63) is 83.4 Å². The van der Waals surface area contributed by atoms with Gasteiger partial charge >= 0.3 is 0 Å². The van der Waals surface area contributed by atoms with Gasteiger partial charge in [-0.1, -0.05) is 48.5 Å². The van der Waals surface area contributed by atoms with E-state index in [0.29, 0.717) is 11.1 Å². The van der Waals surface area contributed by atoms with Crippen LogP contribution in [0.1, 0.15) is 11.1 Å². The van der Waals surface area contributed by atoms with Crippen molar-refractivity contribution in [1.82, 2.24) is 0 Å². The van der Waals surface area contributed by atoms with E-state index >= 15 is 0 Å². The number of hydrogen-bond acceptors (Lipinski definition) is 2. The zero-order chi connectivity index (χ0) is 18.5. The average molecular weight is 344 g/mol. The zero-order valence-corrected chi connectivity index (χ0v) is 13.8. The lowest BCUT2D eigenvalue weighted by molar-refractivity contribution is 0.606. The highest BCUT2D eigenvalue weighted by molar-refractivity contribution is 5.72. The molecule has 0 aromatic heterocycles. The summed E-state index contributed by atoms with van der Waals surface area (Å²) in [5.41, 5.74) is 3.11. The molecule has 0 N–H and O–H groups in total. The number of halogens is 2. The minimum atomic E-state index is -0.518.